The number of hydrogen-bond acceptors (Lipinski definition) is 4. The molecule has 0 amide bonds. The lowest BCUT2D eigenvalue weighted by molar-refractivity contribution is 0.628. The molecule has 18 heavy (non-hydrogen) atoms. The van der Waals surface area contributed by atoms with Crippen molar-refractivity contribution in [1.82, 2.24) is 4.98 Å². The molecule has 1 aromatic carbocycles. The topological polar surface area (TPSA) is 54.2 Å². The maximum atomic E-state index is 13.3. The summed E-state index contributed by atoms with van der Waals surface area (Å²) in [6.07, 6.45) is 2.60. The number of anilines is 3. The quantitative estimate of drug-likeness (QED) is 0.628. The summed E-state index contributed by atoms with van der Waals surface area (Å²) in [6.45, 7) is 0.840. The lowest BCUT2D eigenvalue weighted by Gasteiger charge is -2.19. The number of hydrazine groups is 1. The van der Waals surface area contributed by atoms with Crippen molar-refractivity contribution in [2.75, 3.05) is 16.9 Å². The number of benzene rings is 1. The summed E-state index contributed by atoms with van der Waals surface area (Å²) in [4.78, 5) is 6.14. The van der Waals surface area contributed by atoms with E-state index in [1.807, 2.05) is 18.2 Å². The Labute approximate surface area is 104 Å². The van der Waals surface area contributed by atoms with Gasteiger partial charge in [-0.1, -0.05) is 6.07 Å². The Hall–Kier alpha value is -2.14. The molecule has 0 saturated heterocycles. The Morgan fingerprint density at radius 2 is 2.17 bits per heavy atom. The van der Waals surface area contributed by atoms with Crippen LogP contribution in [-0.2, 0) is 6.42 Å². The van der Waals surface area contributed by atoms with E-state index in [2.05, 4.69) is 15.3 Å². The second-order valence-electron chi connectivity index (χ2n) is 4.22. The molecule has 5 heteroatoms. The molecule has 0 unspecified atom stereocenters. The lowest BCUT2D eigenvalue weighted by atomic mass is 10.1. The SMILES string of the molecule is NNc1cc(N2CCc3ccc(F)cc32)ccn1. The standard InChI is InChI=1S/C13H13FN4/c14-10-2-1-9-4-6-18(12(9)7-10)11-3-5-16-13(8-11)17-15/h1-3,5,7-8H,4,6,15H2,(H,16,17). The summed E-state index contributed by atoms with van der Waals surface area (Å²) >= 11 is 0. The van der Waals surface area contributed by atoms with Gasteiger partial charge in [0, 0.05) is 30.2 Å². The third-order valence-corrected chi connectivity index (χ3v) is 3.15. The van der Waals surface area contributed by atoms with Crippen molar-refractivity contribution in [1.29, 1.82) is 0 Å². The molecule has 1 aliphatic rings. The zero-order valence-corrected chi connectivity index (χ0v) is 9.73. The van der Waals surface area contributed by atoms with E-state index < -0.39 is 0 Å². The number of hydrogen-bond donors (Lipinski definition) is 2. The van der Waals surface area contributed by atoms with Crippen LogP contribution in [0.5, 0.6) is 0 Å². The highest BCUT2D eigenvalue weighted by Crippen LogP contribution is 2.35. The number of nitrogens with zero attached hydrogens (tertiary/aromatic N) is 2. The summed E-state index contributed by atoms with van der Waals surface area (Å²) in [5.74, 6) is 5.72. The number of fused-ring (bicyclic) bond motifs is 1. The van der Waals surface area contributed by atoms with Crippen LogP contribution in [0.15, 0.2) is 36.5 Å². The summed E-state index contributed by atoms with van der Waals surface area (Å²) in [6, 6.07) is 8.65. The Morgan fingerprint density at radius 1 is 1.28 bits per heavy atom. The average molecular weight is 244 g/mol. The van der Waals surface area contributed by atoms with Crippen LogP contribution < -0.4 is 16.2 Å². The monoisotopic (exact) mass is 244 g/mol. The van der Waals surface area contributed by atoms with Crippen LogP contribution in [0.4, 0.5) is 21.6 Å². The summed E-state index contributed by atoms with van der Waals surface area (Å²) in [7, 11) is 0. The molecule has 0 aliphatic carbocycles. The van der Waals surface area contributed by atoms with Gasteiger partial charge >= 0.3 is 0 Å². The number of nitrogens with one attached hydrogen (secondary N) is 1. The molecule has 0 fully saturated rings. The molecule has 2 heterocycles. The number of rotatable bonds is 2. The summed E-state index contributed by atoms with van der Waals surface area (Å²) < 4.78 is 13.3. The van der Waals surface area contributed by atoms with Crippen LogP contribution in [0.25, 0.3) is 0 Å². The first kappa shape index (κ1) is 11.0. The van der Waals surface area contributed by atoms with Gasteiger partial charge in [0.05, 0.1) is 0 Å². The fourth-order valence-electron chi connectivity index (χ4n) is 2.29. The van der Waals surface area contributed by atoms with E-state index in [1.165, 1.54) is 6.07 Å². The number of nitrogen functional groups attached to an aromatic ring is 1. The molecule has 0 saturated carbocycles. The predicted molar refractivity (Wildman–Crippen MR) is 69.2 cm³/mol. The molecule has 2 aromatic rings. The number of aromatic nitrogens is 1. The lowest BCUT2D eigenvalue weighted by Crippen LogP contribution is -2.15. The fourth-order valence-corrected chi connectivity index (χ4v) is 2.29. The molecule has 0 radical (unpaired) electrons. The predicted octanol–water partition coefficient (Wildman–Crippen LogP) is 2.20. The number of halogens is 1. The van der Waals surface area contributed by atoms with E-state index in [-0.39, 0.29) is 5.82 Å². The highest BCUT2D eigenvalue weighted by Gasteiger charge is 2.21. The zero-order chi connectivity index (χ0) is 12.5. The molecule has 3 rings (SSSR count). The molecule has 1 aliphatic heterocycles. The van der Waals surface area contributed by atoms with Crippen molar-refractivity contribution < 1.29 is 4.39 Å². The van der Waals surface area contributed by atoms with Gasteiger partial charge in [0.2, 0.25) is 0 Å². The van der Waals surface area contributed by atoms with E-state index >= 15 is 0 Å². The van der Waals surface area contributed by atoms with Gasteiger partial charge in [-0.3, -0.25) is 0 Å². The van der Waals surface area contributed by atoms with Gasteiger partial charge < -0.3 is 10.3 Å². The van der Waals surface area contributed by atoms with Crippen molar-refractivity contribution >= 4 is 17.2 Å². The van der Waals surface area contributed by atoms with Crippen molar-refractivity contribution in [3.63, 3.8) is 0 Å². The van der Waals surface area contributed by atoms with Gasteiger partial charge in [-0.15, -0.1) is 0 Å². The second kappa shape index (κ2) is 4.27. The average Bonchev–Trinajstić information content (AvgIpc) is 2.81. The number of nitrogens with two attached hydrogens (primary N) is 1. The van der Waals surface area contributed by atoms with Crippen LogP contribution in [0.3, 0.4) is 0 Å². The smallest absolute Gasteiger partial charge is 0.141 e. The Morgan fingerprint density at radius 3 is 3.00 bits per heavy atom. The van der Waals surface area contributed by atoms with Crippen LogP contribution >= 0.6 is 0 Å². The van der Waals surface area contributed by atoms with Crippen molar-refractivity contribution in [3.8, 4) is 0 Å². The van der Waals surface area contributed by atoms with Crippen LogP contribution in [-0.4, -0.2) is 11.5 Å². The van der Waals surface area contributed by atoms with E-state index in [4.69, 9.17) is 5.84 Å². The largest absolute Gasteiger partial charge is 0.341 e. The Balaban J connectivity index is 2.02. The third kappa shape index (κ3) is 1.78. The fraction of sp³-hybridized carbons (Fsp3) is 0.154. The van der Waals surface area contributed by atoms with Gasteiger partial charge in [0.25, 0.3) is 0 Å². The van der Waals surface area contributed by atoms with Crippen molar-refractivity contribution in [2.24, 2.45) is 5.84 Å². The first-order valence-electron chi connectivity index (χ1n) is 5.76. The summed E-state index contributed by atoms with van der Waals surface area (Å²) in [5.41, 5.74) is 5.56. The minimum atomic E-state index is -0.216. The molecular weight excluding hydrogens is 231 g/mol. The first-order valence-corrected chi connectivity index (χ1v) is 5.76. The number of pyridine rings is 1. The molecule has 92 valence electrons. The molecule has 4 nitrogen and oxygen atoms in total. The van der Waals surface area contributed by atoms with Gasteiger partial charge in [-0.2, -0.15) is 0 Å². The van der Waals surface area contributed by atoms with E-state index in [0.29, 0.717) is 5.82 Å². The Bertz CT molecular complexity index is 585. The minimum absolute atomic E-state index is 0.216. The maximum Gasteiger partial charge on any atom is 0.141 e. The van der Waals surface area contributed by atoms with Crippen LogP contribution in [0.2, 0.25) is 0 Å². The molecule has 3 N–H and O–H groups in total. The normalized spacial score (nSPS) is 13.6. The molecule has 0 spiro atoms. The van der Waals surface area contributed by atoms with Crippen molar-refractivity contribution in [3.05, 3.63) is 47.9 Å². The van der Waals surface area contributed by atoms with Gasteiger partial charge in [0.15, 0.2) is 0 Å². The van der Waals surface area contributed by atoms with Crippen LogP contribution in [0.1, 0.15) is 5.56 Å². The van der Waals surface area contributed by atoms with E-state index in [0.717, 1.165) is 29.9 Å². The third-order valence-electron chi connectivity index (χ3n) is 3.15. The van der Waals surface area contributed by atoms with Crippen LogP contribution in [0, 0.1) is 5.82 Å². The Kier molecular flexibility index (Phi) is 2.60. The highest BCUT2D eigenvalue weighted by atomic mass is 19.1. The van der Waals surface area contributed by atoms with Gasteiger partial charge in [0.1, 0.15) is 11.6 Å². The highest BCUT2D eigenvalue weighted by molar-refractivity contribution is 5.71. The molecule has 0 bridgehead atoms. The molecular formula is C13H13FN4. The van der Waals surface area contributed by atoms with Crippen molar-refractivity contribution in [2.45, 2.75) is 6.42 Å². The first-order chi connectivity index (χ1) is 8.78. The zero-order valence-electron chi connectivity index (χ0n) is 9.73. The molecule has 0 atom stereocenters. The van der Waals surface area contributed by atoms with Gasteiger partial charge in [-0.05, 0) is 30.2 Å². The van der Waals surface area contributed by atoms with E-state index in [9.17, 15) is 4.39 Å². The maximum absolute atomic E-state index is 13.3. The second-order valence-corrected chi connectivity index (χ2v) is 4.22. The van der Waals surface area contributed by atoms with Gasteiger partial charge in [-0.25, -0.2) is 15.2 Å². The minimum Gasteiger partial charge on any atom is -0.341 e. The molecule has 1 aromatic heterocycles. The summed E-state index contributed by atoms with van der Waals surface area (Å²) in [5, 5.41) is 0. The van der Waals surface area contributed by atoms with E-state index in [1.54, 1.807) is 12.3 Å².